The van der Waals surface area contributed by atoms with Gasteiger partial charge in [-0.2, -0.15) is 0 Å². The Bertz CT molecular complexity index is 1330. The van der Waals surface area contributed by atoms with Gasteiger partial charge in [0.2, 0.25) is 0 Å². The molecule has 2 fully saturated rings. The first-order valence-corrected chi connectivity index (χ1v) is 16.1. The van der Waals surface area contributed by atoms with E-state index >= 15 is 0 Å². The maximum atomic E-state index is 10.9. The number of anilines is 2. The summed E-state index contributed by atoms with van der Waals surface area (Å²) in [5.74, 6) is 0.0311. The van der Waals surface area contributed by atoms with Crippen molar-refractivity contribution in [2.75, 3.05) is 69.6 Å². The van der Waals surface area contributed by atoms with E-state index in [4.69, 9.17) is 28.3 Å². The molecule has 230 valence electrons. The van der Waals surface area contributed by atoms with Crippen LogP contribution >= 0.6 is 23.2 Å². The van der Waals surface area contributed by atoms with Gasteiger partial charge in [-0.3, -0.25) is 14.6 Å². The second-order valence-electron chi connectivity index (χ2n) is 11.8. The third kappa shape index (κ3) is 9.34. The Hall–Kier alpha value is -2.81. The van der Waals surface area contributed by atoms with Crippen LogP contribution in [0.3, 0.4) is 0 Å². The molecule has 0 atom stereocenters. The zero-order chi connectivity index (χ0) is 30.2. The second-order valence-corrected chi connectivity index (χ2v) is 12.7. The highest BCUT2D eigenvalue weighted by atomic mass is 35.5. The van der Waals surface area contributed by atoms with E-state index in [1.807, 2.05) is 19.2 Å². The molecule has 0 saturated carbocycles. The van der Waals surface area contributed by atoms with Crippen molar-refractivity contribution >= 4 is 40.5 Å². The van der Waals surface area contributed by atoms with Gasteiger partial charge in [0, 0.05) is 67.2 Å². The van der Waals surface area contributed by atoms with Crippen molar-refractivity contribution in [1.29, 1.82) is 0 Å². The fraction of sp³-hybridized carbons (Fsp3) is 0.441. The number of likely N-dealkylation sites (tertiary alicyclic amines) is 1. The molecule has 7 nitrogen and oxygen atoms in total. The van der Waals surface area contributed by atoms with E-state index in [2.05, 4.69) is 67.8 Å². The third-order valence-corrected chi connectivity index (χ3v) is 9.03. The van der Waals surface area contributed by atoms with Crippen LogP contribution < -0.4 is 15.5 Å². The molecule has 3 aromatic carbocycles. The summed E-state index contributed by atoms with van der Waals surface area (Å²) in [6.45, 7) is 9.19. The Labute approximate surface area is 265 Å². The van der Waals surface area contributed by atoms with Crippen LogP contribution in [0.4, 0.5) is 11.4 Å². The minimum atomic E-state index is -0.734. The predicted molar refractivity (Wildman–Crippen MR) is 179 cm³/mol. The van der Waals surface area contributed by atoms with Crippen LogP contribution in [0.25, 0.3) is 11.1 Å². The highest BCUT2D eigenvalue weighted by Crippen LogP contribution is 2.30. The van der Waals surface area contributed by atoms with Gasteiger partial charge in [-0.15, -0.1) is 0 Å². The van der Waals surface area contributed by atoms with E-state index in [1.54, 1.807) is 6.07 Å². The molecule has 0 unspecified atom stereocenters. The summed E-state index contributed by atoms with van der Waals surface area (Å²) in [6, 6.07) is 21.2. The minimum absolute atomic E-state index is 0.202. The van der Waals surface area contributed by atoms with Crippen LogP contribution in [0.1, 0.15) is 30.4 Å². The van der Waals surface area contributed by atoms with Gasteiger partial charge in [-0.25, -0.2) is 0 Å². The Kier molecular flexibility index (Phi) is 11.2. The maximum absolute atomic E-state index is 10.9. The topological polar surface area (TPSA) is 71.1 Å². The fourth-order valence-electron chi connectivity index (χ4n) is 6.22. The standard InChI is InChI=1S/C34H43Cl2N5O2/c1-37-22-25-6-9-40(10-7-25)24-27-16-26(17-28(18-27)29-19-30(35)21-31(36)20-29)23-38-32-2-4-33(5-3-32)41-14-12-39(13-15-41)11-8-34(42)43/h2-5,16-21,25,37-38H,6-15,22-24H2,1H3,(H,42,43). The molecule has 0 aliphatic carbocycles. The molecular weight excluding hydrogens is 581 g/mol. The Morgan fingerprint density at radius 2 is 1.49 bits per heavy atom. The number of piperazine rings is 1. The number of nitrogens with one attached hydrogen (secondary N) is 2. The molecule has 2 heterocycles. The number of carboxylic acids is 1. The molecule has 5 rings (SSSR count). The number of halogens is 2. The van der Waals surface area contributed by atoms with Gasteiger partial charge in [-0.05, 0) is 122 Å². The predicted octanol–water partition coefficient (Wildman–Crippen LogP) is 6.30. The summed E-state index contributed by atoms with van der Waals surface area (Å²) < 4.78 is 0. The molecule has 2 aliphatic rings. The SMILES string of the molecule is CNCC1CCN(Cc2cc(CNc3ccc(N4CCN(CCC(=O)O)CC4)cc3)cc(-c3cc(Cl)cc(Cl)c3)c2)CC1. The van der Waals surface area contributed by atoms with Gasteiger partial charge in [0.1, 0.15) is 0 Å². The van der Waals surface area contributed by atoms with Gasteiger partial charge < -0.3 is 20.6 Å². The van der Waals surface area contributed by atoms with Gasteiger partial charge in [0.05, 0.1) is 6.42 Å². The lowest BCUT2D eigenvalue weighted by molar-refractivity contribution is -0.137. The van der Waals surface area contributed by atoms with Crippen molar-refractivity contribution in [3.8, 4) is 11.1 Å². The van der Waals surface area contributed by atoms with Crippen LogP contribution in [0.2, 0.25) is 10.0 Å². The number of aliphatic carboxylic acids is 1. The van der Waals surface area contributed by atoms with Gasteiger partial charge in [0.25, 0.3) is 0 Å². The molecule has 43 heavy (non-hydrogen) atoms. The van der Waals surface area contributed by atoms with E-state index in [0.717, 1.165) is 75.1 Å². The lowest BCUT2D eigenvalue weighted by atomic mass is 9.95. The first-order valence-electron chi connectivity index (χ1n) is 15.3. The first kappa shape index (κ1) is 31.6. The van der Waals surface area contributed by atoms with Crippen LogP contribution in [0.15, 0.2) is 60.7 Å². The number of benzene rings is 3. The summed E-state index contributed by atoms with van der Waals surface area (Å²) in [6.07, 6.45) is 2.66. The summed E-state index contributed by atoms with van der Waals surface area (Å²) in [7, 11) is 2.04. The van der Waals surface area contributed by atoms with E-state index in [-0.39, 0.29) is 6.42 Å². The number of carbonyl (C=O) groups is 1. The first-order chi connectivity index (χ1) is 20.8. The number of rotatable bonds is 12. The average Bonchev–Trinajstić information content (AvgIpc) is 3.00. The number of piperidine rings is 1. The molecular formula is C34H43Cl2N5O2. The number of carboxylic acid groups (broad SMARTS) is 1. The molecule has 0 amide bonds. The van der Waals surface area contributed by atoms with E-state index < -0.39 is 5.97 Å². The van der Waals surface area contributed by atoms with Crippen LogP contribution in [-0.2, 0) is 17.9 Å². The van der Waals surface area contributed by atoms with Crippen molar-refractivity contribution in [2.24, 2.45) is 5.92 Å². The Morgan fingerprint density at radius 3 is 2.14 bits per heavy atom. The van der Waals surface area contributed by atoms with Crippen molar-refractivity contribution < 1.29 is 9.90 Å². The average molecular weight is 625 g/mol. The largest absolute Gasteiger partial charge is 0.481 e. The van der Waals surface area contributed by atoms with E-state index in [0.29, 0.717) is 23.1 Å². The fourth-order valence-corrected chi connectivity index (χ4v) is 6.74. The molecule has 9 heteroatoms. The second kappa shape index (κ2) is 15.3. The summed E-state index contributed by atoms with van der Waals surface area (Å²) in [5, 5.41) is 17.2. The van der Waals surface area contributed by atoms with Crippen molar-refractivity contribution in [2.45, 2.75) is 32.4 Å². The Balaban J connectivity index is 1.24. The smallest absolute Gasteiger partial charge is 0.304 e. The number of nitrogens with zero attached hydrogens (tertiary/aromatic N) is 3. The molecule has 0 spiro atoms. The van der Waals surface area contributed by atoms with Crippen molar-refractivity contribution in [3.63, 3.8) is 0 Å². The maximum Gasteiger partial charge on any atom is 0.304 e. The molecule has 0 aromatic heterocycles. The lowest BCUT2D eigenvalue weighted by Crippen LogP contribution is -2.46. The van der Waals surface area contributed by atoms with Crippen LogP contribution in [-0.4, -0.2) is 80.3 Å². The molecule has 3 N–H and O–H groups in total. The van der Waals surface area contributed by atoms with Gasteiger partial charge in [0.15, 0.2) is 0 Å². The number of hydrogen-bond acceptors (Lipinski definition) is 6. The van der Waals surface area contributed by atoms with Gasteiger partial charge >= 0.3 is 5.97 Å². The summed E-state index contributed by atoms with van der Waals surface area (Å²) >= 11 is 12.8. The van der Waals surface area contributed by atoms with Crippen LogP contribution in [0, 0.1) is 5.92 Å². The lowest BCUT2D eigenvalue weighted by Gasteiger charge is -2.36. The quantitative estimate of drug-likeness (QED) is 0.219. The van der Waals surface area contributed by atoms with Crippen molar-refractivity contribution in [3.05, 3.63) is 81.8 Å². The summed E-state index contributed by atoms with van der Waals surface area (Å²) in [5.41, 5.74) is 6.95. The Morgan fingerprint density at radius 1 is 0.837 bits per heavy atom. The zero-order valence-corrected chi connectivity index (χ0v) is 26.5. The normalized spacial score (nSPS) is 16.9. The molecule has 0 radical (unpaired) electrons. The van der Waals surface area contributed by atoms with E-state index in [1.165, 1.54) is 29.7 Å². The van der Waals surface area contributed by atoms with Crippen molar-refractivity contribution in [1.82, 2.24) is 15.1 Å². The molecule has 3 aromatic rings. The van der Waals surface area contributed by atoms with Crippen LogP contribution in [0.5, 0.6) is 0 Å². The summed E-state index contributed by atoms with van der Waals surface area (Å²) in [4.78, 5) is 18.0. The molecule has 2 aliphatic heterocycles. The minimum Gasteiger partial charge on any atom is -0.481 e. The highest BCUT2D eigenvalue weighted by Gasteiger charge is 2.20. The molecule has 2 saturated heterocycles. The zero-order valence-electron chi connectivity index (χ0n) is 25.0. The third-order valence-electron chi connectivity index (χ3n) is 8.60. The highest BCUT2D eigenvalue weighted by molar-refractivity contribution is 6.35. The van der Waals surface area contributed by atoms with E-state index in [9.17, 15) is 4.79 Å². The molecule has 0 bridgehead atoms. The van der Waals surface area contributed by atoms with Gasteiger partial charge in [-0.1, -0.05) is 29.3 Å². The monoisotopic (exact) mass is 623 g/mol. The number of hydrogen-bond donors (Lipinski definition) is 3.